The maximum atomic E-state index is 12.5. The highest BCUT2D eigenvalue weighted by Gasteiger charge is 2.30. The van der Waals surface area contributed by atoms with Gasteiger partial charge in [0.15, 0.2) is 5.03 Å². The number of sulfonamides is 1. The van der Waals surface area contributed by atoms with E-state index < -0.39 is 10.0 Å². The fraction of sp³-hybridized carbons (Fsp3) is 0.588. The minimum absolute atomic E-state index is 0.0579. The lowest BCUT2D eigenvalue weighted by atomic mass is 9.92. The number of hydrogen-bond donors (Lipinski definition) is 1. The van der Waals surface area contributed by atoms with Gasteiger partial charge in [0.25, 0.3) is 15.6 Å². The first-order valence-electron chi connectivity index (χ1n) is 8.73. The van der Waals surface area contributed by atoms with Gasteiger partial charge >= 0.3 is 0 Å². The fourth-order valence-corrected chi connectivity index (χ4v) is 4.47. The van der Waals surface area contributed by atoms with Crippen LogP contribution in [-0.2, 0) is 22.0 Å². The molecule has 2 aromatic rings. The van der Waals surface area contributed by atoms with Crippen LogP contribution in [0.25, 0.3) is 0 Å². The Kier molecular flexibility index (Phi) is 5.03. The van der Waals surface area contributed by atoms with Crippen molar-refractivity contribution in [1.82, 2.24) is 23.8 Å². The highest BCUT2D eigenvalue weighted by atomic mass is 32.2. The number of piperidine rings is 1. The molecule has 9 heteroatoms. The maximum absolute atomic E-state index is 12.5. The summed E-state index contributed by atoms with van der Waals surface area (Å²) in [6.07, 6.45) is 5.71. The Hall–Kier alpha value is -2.00. The first-order chi connectivity index (χ1) is 12.2. The lowest BCUT2D eigenvalue weighted by Crippen LogP contribution is -2.40. The first kappa shape index (κ1) is 18.8. The molecular formula is C17H25N5O3S. The van der Waals surface area contributed by atoms with Crippen molar-refractivity contribution in [3.05, 3.63) is 41.0 Å². The Balaban J connectivity index is 1.64. The molecule has 0 saturated carbocycles. The van der Waals surface area contributed by atoms with Crippen LogP contribution in [-0.4, -0.2) is 45.3 Å². The maximum Gasteiger partial charge on any atom is 0.260 e. The monoisotopic (exact) mass is 379 g/mol. The Morgan fingerprint density at radius 1 is 1.27 bits per heavy atom. The van der Waals surface area contributed by atoms with Gasteiger partial charge in [-0.25, -0.2) is 18.4 Å². The molecule has 0 radical (unpaired) electrons. The van der Waals surface area contributed by atoms with Crippen LogP contribution in [0.5, 0.6) is 0 Å². The highest BCUT2D eigenvalue weighted by Crippen LogP contribution is 2.24. The molecule has 0 aromatic carbocycles. The minimum atomic E-state index is -3.51. The third-order valence-corrected chi connectivity index (χ3v) is 6.59. The van der Waals surface area contributed by atoms with Gasteiger partial charge in [0.1, 0.15) is 0 Å². The van der Waals surface area contributed by atoms with Crippen LogP contribution in [0.4, 0.5) is 0 Å². The van der Waals surface area contributed by atoms with Crippen molar-refractivity contribution in [3.8, 4) is 0 Å². The standard InChI is InChI=1S/C17H25N5O3S/c1-17(2,3)14-8-16(23)21(12-20-14)10-13-4-6-22(7-5-13)26(24,25)15-9-18-11-19-15/h8-9,11-13H,4-7,10H2,1-3H3,(H,18,19). The van der Waals surface area contributed by atoms with E-state index in [1.54, 1.807) is 17.0 Å². The topological polar surface area (TPSA) is 101 Å². The van der Waals surface area contributed by atoms with Gasteiger partial charge in [-0.1, -0.05) is 20.8 Å². The van der Waals surface area contributed by atoms with Crippen LogP contribution >= 0.6 is 0 Å². The van der Waals surface area contributed by atoms with Crippen LogP contribution in [0.3, 0.4) is 0 Å². The van der Waals surface area contributed by atoms with E-state index in [2.05, 4.69) is 15.0 Å². The molecule has 1 saturated heterocycles. The van der Waals surface area contributed by atoms with Crippen molar-refractivity contribution in [1.29, 1.82) is 0 Å². The van der Waals surface area contributed by atoms with E-state index in [4.69, 9.17) is 0 Å². The molecule has 0 bridgehead atoms. The molecule has 0 unspecified atom stereocenters. The number of nitrogens with zero attached hydrogens (tertiary/aromatic N) is 4. The Labute approximate surface area is 153 Å². The number of aromatic nitrogens is 4. The normalized spacial score (nSPS) is 17.5. The van der Waals surface area contributed by atoms with Crippen molar-refractivity contribution >= 4 is 10.0 Å². The molecule has 1 N–H and O–H groups in total. The second kappa shape index (κ2) is 6.96. The summed E-state index contributed by atoms with van der Waals surface area (Å²) in [6, 6.07) is 1.60. The van der Waals surface area contributed by atoms with E-state index in [9.17, 15) is 13.2 Å². The summed E-state index contributed by atoms with van der Waals surface area (Å²) >= 11 is 0. The van der Waals surface area contributed by atoms with Gasteiger partial charge in [-0.05, 0) is 18.8 Å². The molecular weight excluding hydrogens is 354 g/mol. The highest BCUT2D eigenvalue weighted by molar-refractivity contribution is 7.89. The predicted octanol–water partition coefficient (Wildman–Crippen LogP) is 1.36. The van der Waals surface area contributed by atoms with Gasteiger partial charge in [0.05, 0.1) is 24.5 Å². The molecule has 142 valence electrons. The summed E-state index contributed by atoms with van der Waals surface area (Å²) in [5.74, 6) is 0.253. The van der Waals surface area contributed by atoms with Crippen molar-refractivity contribution < 1.29 is 8.42 Å². The second-order valence-electron chi connectivity index (χ2n) is 7.78. The average molecular weight is 379 g/mol. The van der Waals surface area contributed by atoms with Crippen molar-refractivity contribution in [2.75, 3.05) is 13.1 Å². The molecule has 1 fully saturated rings. The van der Waals surface area contributed by atoms with Crippen LogP contribution in [0.1, 0.15) is 39.3 Å². The van der Waals surface area contributed by atoms with Crippen molar-refractivity contribution in [2.45, 2.75) is 50.6 Å². The number of hydrogen-bond acceptors (Lipinski definition) is 5. The van der Waals surface area contributed by atoms with Gasteiger partial charge in [-0.2, -0.15) is 4.31 Å². The second-order valence-corrected chi connectivity index (χ2v) is 9.68. The van der Waals surface area contributed by atoms with Crippen LogP contribution in [0, 0.1) is 5.92 Å². The van der Waals surface area contributed by atoms with Gasteiger partial charge < -0.3 is 4.98 Å². The largest absolute Gasteiger partial charge is 0.335 e. The van der Waals surface area contributed by atoms with E-state index in [1.165, 1.54) is 16.8 Å². The number of rotatable bonds is 4. The summed E-state index contributed by atoms with van der Waals surface area (Å²) in [5, 5.41) is 0.120. The third-order valence-electron chi connectivity index (χ3n) is 4.77. The molecule has 2 aromatic heterocycles. The van der Waals surface area contributed by atoms with Crippen LogP contribution in [0.15, 0.2) is 34.7 Å². The fourth-order valence-electron chi connectivity index (χ4n) is 3.11. The molecule has 0 atom stereocenters. The molecule has 1 aliphatic rings. The summed E-state index contributed by atoms with van der Waals surface area (Å²) in [6.45, 7) is 7.51. The molecule has 1 aliphatic heterocycles. The van der Waals surface area contributed by atoms with E-state index in [1.807, 2.05) is 20.8 Å². The van der Waals surface area contributed by atoms with Gasteiger partial charge in [-0.15, -0.1) is 0 Å². The quantitative estimate of drug-likeness (QED) is 0.864. The molecule has 0 amide bonds. The third kappa shape index (κ3) is 3.88. The zero-order valence-electron chi connectivity index (χ0n) is 15.3. The lowest BCUT2D eigenvalue weighted by molar-refractivity contribution is 0.250. The number of aromatic amines is 1. The smallest absolute Gasteiger partial charge is 0.260 e. The summed E-state index contributed by atoms with van der Waals surface area (Å²) in [4.78, 5) is 23.2. The Morgan fingerprint density at radius 3 is 2.50 bits per heavy atom. The minimum Gasteiger partial charge on any atom is -0.335 e. The molecule has 0 aliphatic carbocycles. The van der Waals surface area contributed by atoms with Gasteiger partial charge in [0, 0.05) is 31.1 Å². The Morgan fingerprint density at radius 2 is 1.96 bits per heavy atom. The van der Waals surface area contributed by atoms with Gasteiger partial charge in [0.2, 0.25) is 0 Å². The SMILES string of the molecule is CC(C)(C)c1cc(=O)n(CC2CCN(S(=O)(=O)c3cnc[nH]3)CC2)cn1. The van der Waals surface area contributed by atoms with Crippen LogP contribution in [0.2, 0.25) is 0 Å². The van der Waals surface area contributed by atoms with E-state index in [0.717, 1.165) is 5.69 Å². The summed E-state index contributed by atoms with van der Waals surface area (Å²) in [5.41, 5.74) is 0.557. The molecule has 26 heavy (non-hydrogen) atoms. The number of imidazole rings is 1. The summed E-state index contributed by atoms with van der Waals surface area (Å²) in [7, 11) is -3.51. The van der Waals surface area contributed by atoms with E-state index in [-0.39, 0.29) is 21.9 Å². The van der Waals surface area contributed by atoms with E-state index in [0.29, 0.717) is 32.5 Å². The zero-order chi connectivity index (χ0) is 18.9. The molecule has 3 heterocycles. The predicted molar refractivity (Wildman–Crippen MR) is 97.3 cm³/mol. The summed E-state index contributed by atoms with van der Waals surface area (Å²) < 4.78 is 28.1. The van der Waals surface area contributed by atoms with Crippen molar-refractivity contribution in [2.24, 2.45) is 5.92 Å². The molecule has 3 rings (SSSR count). The zero-order valence-corrected chi connectivity index (χ0v) is 16.2. The van der Waals surface area contributed by atoms with Gasteiger partial charge in [-0.3, -0.25) is 9.36 Å². The molecule has 8 nitrogen and oxygen atoms in total. The molecule has 0 spiro atoms. The van der Waals surface area contributed by atoms with Crippen molar-refractivity contribution in [3.63, 3.8) is 0 Å². The van der Waals surface area contributed by atoms with Crippen LogP contribution < -0.4 is 5.56 Å². The number of H-pyrrole nitrogens is 1. The Bertz CT molecular complexity index is 905. The first-order valence-corrected chi connectivity index (χ1v) is 10.2. The lowest BCUT2D eigenvalue weighted by Gasteiger charge is -2.31. The average Bonchev–Trinajstić information content (AvgIpc) is 3.11. The number of nitrogens with one attached hydrogen (secondary N) is 1. The van der Waals surface area contributed by atoms with E-state index >= 15 is 0 Å².